The summed E-state index contributed by atoms with van der Waals surface area (Å²) in [7, 11) is 0. The molecule has 13 heavy (non-hydrogen) atoms. The van der Waals surface area contributed by atoms with E-state index >= 15 is 0 Å². The standard InChI is InChI=1S/C12H21N/c1-10(2)3-4-12-9-11-5-7-13(12)8-6-11/h3,11-12H,4-9H2,1-2H3/q+1. The maximum atomic E-state index is 2.69. The summed E-state index contributed by atoms with van der Waals surface area (Å²) in [5.41, 5.74) is 1.47. The lowest BCUT2D eigenvalue weighted by Crippen LogP contribution is -2.52. The second-order valence-electron chi connectivity index (χ2n) is 4.89. The maximum absolute atomic E-state index is 2.69. The van der Waals surface area contributed by atoms with Crippen LogP contribution in [-0.4, -0.2) is 19.1 Å². The van der Waals surface area contributed by atoms with Gasteiger partial charge in [0.15, 0.2) is 0 Å². The van der Waals surface area contributed by atoms with E-state index in [0.29, 0.717) is 0 Å². The van der Waals surface area contributed by atoms with Gasteiger partial charge in [0.1, 0.15) is 19.1 Å². The molecule has 3 saturated heterocycles. The molecule has 0 aromatic heterocycles. The summed E-state index contributed by atoms with van der Waals surface area (Å²) >= 11 is 0. The van der Waals surface area contributed by atoms with Gasteiger partial charge in [0.2, 0.25) is 0 Å². The van der Waals surface area contributed by atoms with Gasteiger partial charge in [-0.25, -0.2) is 0 Å². The van der Waals surface area contributed by atoms with Crippen molar-refractivity contribution in [3.63, 3.8) is 0 Å². The van der Waals surface area contributed by atoms with Crippen LogP contribution in [0.4, 0.5) is 0 Å². The van der Waals surface area contributed by atoms with Crippen LogP contribution in [0.15, 0.2) is 11.6 Å². The van der Waals surface area contributed by atoms with Gasteiger partial charge in [-0.15, -0.1) is 0 Å². The monoisotopic (exact) mass is 179 g/mol. The third-order valence-corrected chi connectivity index (χ3v) is 3.57. The normalized spacial score (nSPS) is 37.5. The van der Waals surface area contributed by atoms with E-state index in [2.05, 4.69) is 24.8 Å². The van der Waals surface area contributed by atoms with Crippen LogP contribution in [0.3, 0.4) is 0 Å². The first-order chi connectivity index (χ1) is 6.25. The minimum Gasteiger partial charge on any atom is -0.167 e. The van der Waals surface area contributed by atoms with Crippen molar-refractivity contribution in [1.29, 1.82) is 0 Å². The molecule has 1 atom stereocenters. The highest BCUT2D eigenvalue weighted by Crippen LogP contribution is 2.31. The van der Waals surface area contributed by atoms with Crippen molar-refractivity contribution in [2.45, 2.75) is 45.6 Å². The fourth-order valence-electron chi connectivity index (χ4n) is 2.70. The molecular weight excluding hydrogens is 158 g/mol. The molecule has 0 aliphatic carbocycles. The Morgan fingerprint density at radius 1 is 1.31 bits per heavy atom. The molecule has 3 aliphatic heterocycles. The second kappa shape index (κ2) is 3.83. The molecule has 1 heteroatoms. The summed E-state index contributed by atoms with van der Waals surface area (Å²) in [5.74, 6) is 1.06. The number of piperidine rings is 3. The summed E-state index contributed by atoms with van der Waals surface area (Å²) in [6.07, 6.45) is 8.09. The van der Waals surface area contributed by atoms with Crippen molar-refractivity contribution in [3.05, 3.63) is 11.6 Å². The molecule has 1 radical (unpaired) electrons. The summed E-state index contributed by atoms with van der Waals surface area (Å²) in [4.78, 5) is 2.69. The highest BCUT2D eigenvalue weighted by atomic mass is 15.2. The second-order valence-corrected chi connectivity index (χ2v) is 4.89. The van der Waals surface area contributed by atoms with E-state index in [9.17, 15) is 0 Å². The Hall–Kier alpha value is -0.300. The van der Waals surface area contributed by atoms with Crippen LogP contribution in [0.1, 0.15) is 39.5 Å². The van der Waals surface area contributed by atoms with Crippen LogP contribution in [0, 0.1) is 5.92 Å². The minimum absolute atomic E-state index is 0.877. The number of hydrogen-bond donors (Lipinski definition) is 0. The summed E-state index contributed by atoms with van der Waals surface area (Å²) in [6, 6.07) is 0.877. The van der Waals surface area contributed by atoms with Gasteiger partial charge < -0.3 is 0 Å². The SMILES string of the molecule is CC(C)=CCC1CC2CC[N+]1CC2. The molecule has 0 N–H and O–H groups in total. The predicted molar refractivity (Wildman–Crippen MR) is 57.0 cm³/mol. The van der Waals surface area contributed by atoms with Crippen molar-refractivity contribution < 1.29 is 0 Å². The minimum atomic E-state index is 0.877. The first kappa shape index (κ1) is 9.26. The van der Waals surface area contributed by atoms with E-state index in [1.807, 2.05) is 0 Å². The van der Waals surface area contributed by atoms with Crippen LogP contribution in [0.2, 0.25) is 0 Å². The number of fused-ring (bicyclic) bond motifs is 3. The van der Waals surface area contributed by atoms with Crippen molar-refractivity contribution in [2.24, 2.45) is 5.92 Å². The van der Waals surface area contributed by atoms with Crippen molar-refractivity contribution >= 4 is 0 Å². The molecule has 0 amide bonds. The van der Waals surface area contributed by atoms with Gasteiger partial charge in [0.25, 0.3) is 0 Å². The molecule has 73 valence electrons. The van der Waals surface area contributed by atoms with E-state index in [1.54, 1.807) is 0 Å². The van der Waals surface area contributed by atoms with E-state index < -0.39 is 0 Å². The van der Waals surface area contributed by atoms with E-state index in [4.69, 9.17) is 0 Å². The van der Waals surface area contributed by atoms with Gasteiger partial charge in [0, 0.05) is 25.7 Å². The molecule has 0 saturated carbocycles. The van der Waals surface area contributed by atoms with Crippen LogP contribution >= 0.6 is 0 Å². The molecule has 1 nitrogen and oxygen atoms in total. The zero-order chi connectivity index (χ0) is 9.26. The molecule has 0 aromatic rings. The van der Waals surface area contributed by atoms with Crippen molar-refractivity contribution in [1.82, 2.24) is 4.90 Å². The number of nitrogens with zero attached hydrogens (tertiary/aromatic N) is 1. The molecule has 3 aliphatic rings. The Bertz CT molecular complexity index is 195. The maximum Gasteiger partial charge on any atom is 0.136 e. The molecule has 1 unspecified atom stereocenters. The number of hydrogen-bond acceptors (Lipinski definition) is 1. The van der Waals surface area contributed by atoms with Crippen molar-refractivity contribution in [2.75, 3.05) is 13.1 Å². The van der Waals surface area contributed by atoms with E-state index in [0.717, 1.165) is 12.0 Å². The smallest absolute Gasteiger partial charge is 0.136 e. The van der Waals surface area contributed by atoms with Gasteiger partial charge in [-0.3, -0.25) is 0 Å². The third-order valence-electron chi connectivity index (χ3n) is 3.57. The quantitative estimate of drug-likeness (QED) is 0.454. The first-order valence-corrected chi connectivity index (χ1v) is 5.63. The van der Waals surface area contributed by atoms with Gasteiger partial charge >= 0.3 is 0 Å². The molecule has 3 fully saturated rings. The molecule has 0 aromatic carbocycles. The predicted octanol–water partition coefficient (Wildman–Crippen LogP) is 2.67. The summed E-state index contributed by atoms with van der Waals surface area (Å²) in [6.45, 7) is 7.14. The Morgan fingerprint density at radius 3 is 2.46 bits per heavy atom. The lowest BCUT2D eigenvalue weighted by Gasteiger charge is -2.36. The van der Waals surface area contributed by atoms with Crippen LogP contribution in [-0.2, 0) is 0 Å². The average Bonchev–Trinajstić information content (AvgIpc) is 2.17. The first-order valence-electron chi connectivity index (χ1n) is 5.63. The third kappa shape index (κ3) is 2.14. The van der Waals surface area contributed by atoms with Gasteiger partial charge in [0.05, 0.1) is 0 Å². The van der Waals surface area contributed by atoms with Crippen LogP contribution in [0.5, 0.6) is 0 Å². The molecular formula is C12H21N+. The van der Waals surface area contributed by atoms with Crippen LogP contribution < -0.4 is 4.90 Å². The molecule has 0 spiro atoms. The molecule has 3 rings (SSSR count). The van der Waals surface area contributed by atoms with E-state index in [1.165, 1.54) is 44.3 Å². The van der Waals surface area contributed by atoms with Gasteiger partial charge in [-0.05, 0) is 19.8 Å². The lowest BCUT2D eigenvalue weighted by atomic mass is 9.82. The van der Waals surface area contributed by atoms with Crippen LogP contribution in [0.25, 0.3) is 0 Å². The van der Waals surface area contributed by atoms with E-state index in [-0.39, 0.29) is 0 Å². The largest absolute Gasteiger partial charge is 0.167 e. The molecule has 3 heterocycles. The fourth-order valence-corrected chi connectivity index (χ4v) is 2.70. The Morgan fingerprint density at radius 2 is 2.00 bits per heavy atom. The fraction of sp³-hybridized carbons (Fsp3) is 0.833. The topological polar surface area (TPSA) is 5.90 Å². The average molecular weight is 179 g/mol. The van der Waals surface area contributed by atoms with Gasteiger partial charge in [-0.2, -0.15) is 4.90 Å². The Kier molecular flexibility index (Phi) is 2.73. The highest BCUT2D eigenvalue weighted by Gasteiger charge is 2.40. The Labute approximate surface area is 81.8 Å². The molecule has 2 bridgehead atoms. The summed E-state index contributed by atoms with van der Waals surface area (Å²) in [5, 5.41) is 0. The van der Waals surface area contributed by atoms with Gasteiger partial charge in [-0.1, -0.05) is 11.6 Å². The highest BCUT2D eigenvalue weighted by molar-refractivity contribution is 5.00. The Balaban J connectivity index is 1.90. The number of rotatable bonds is 2. The number of allylic oxidation sites excluding steroid dienone is 1. The lowest BCUT2D eigenvalue weighted by molar-refractivity contribution is 0.129. The summed E-state index contributed by atoms with van der Waals surface area (Å²) < 4.78 is 0. The zero-order valence-electron chi connectivity index (χ0n) is 8.92. The van der Waals surface area contributed by atoms with Crippen molar-refractivity contribution in [3.8, 4) is 0 Å². The zero-order valence-corrected chi connectivity index (χ0v) is 8.92.